The molecule has 0 fully saturated rings. The van der Waals surface area contributed by atoms with Crippen molar-refractivity contribution in [3.8, 4) is 11.3 Å². The third-order valence-electron chi connectivity index (χ3n) is 4.94. The maximum atomic E-state index is 13.3. The van der Waals surface area contributed by atoms with Gasteiger partial charge >= 0.3 is 12.1 Å². The Labute approximate surface area is 170 Å². The summed E-state index contributed by atoms with van der Waals surface area (Å²) in [5, 5.41) is 9.77. The van der Waals surface area contributed by atoms with Gasteiger partial charge in [0.2, 0.25) is 0 Å². The molecule has 8 heteroatoms. The Morgan fingerprint density at radius 3 is 2.55 bits per heavy atom. The van der Waals surface area contributed by atoms with Gasteiger partial charge in [0.25, 0.3) is 0 Å². The Morgan fingerprint density at radius 1 is 1.21 bits per heavy atom. The number of rotatable bonds is 6. The predicted octanol–water partition coefficient (Wildman–Crippen LogP) is 5.80. The Bertz CT molecular complexity index is 1070. The molecule has 29 heavy (non-hydrogen) atoms. The Kier molecular flexibility index (Phi) is 5.91. The van der Waals surface area contributed by atoms with Crippen LogP contribution in [-0.2, 0) is 12.6 Å². The lowest BCUT2D eigenvalue weighted by atomic mass is 9.96. The molecule has 1 aromatic heterocycles. The molecule has 0 spiro atoms. The van der Waals surface area contributed by atoms with Crippen LogP contribution < -0.4 is 5.73 Å². The van der Waals surface area contributed by atoms with E-state index < -0.39 is 17.7 Å². The smallest absolute Gasteiger partial charge is 0.417 e. The number of carboxylic acids is 1. The van der Waals surface area contributed by atoms with Crippen LogP contribution in [0.5, 0.6) is 0 Å². The van der Waals surface area contributed by atoms with Gasteiger partial charge in [0.1, 0.15) is 0 Å². The molecule has 1 heterocycles. The van der Waals surface area contributed by atoms with E-state index >= 15 is 0 Å². The maximum Gasteiger partial charge on any atom is 0.417 e. The van der Waals surface area contributed by atoms with Crippen LogP contribution in [0.3, 0.4) is 0 Å². The van der Waals surface area contributed by atoms with Crippen molar-refractivity contribution < 1.29 is 23.1 Å². The second-order valence-corrected chi connectivity index (χ2v) is 7.31. The number of alkyl halides is 3. The second-order valence-electron chi connectivity index (χ2n) is 6.90. The number of hydrogen-bond donors (Lipinski definition) is 3. The number of aromatic nitrogens is 1. The summed E-state index contributed by atoms with van der Waals surface area (Å²) in [5.74, 6) is -1.09. The van der Waals surface area contributed by atoms with Crippen molar-refractivity contribution in [2.24, 2.45) is 5.73 Å². The van der Waals surface area contributed by atoms with Crippen LogP contribution in [0.1, 0.15) is 39.9 Å². The summed E-state index contributed by atoms with van der Waals surface area (Å²) in [4.78, 5) is 14.9. The number of aromatic carboxylic acids is 1. The van der Waals surface area contributed by atoms with Gasteiger partial charge in [0, 0.05) is 16.6 Å². The number of aromatic amines is 1. The number of carbonyl (C=O) groups is 1. The van der Waals surface area contributed by atoms with Crippen LogP contribution in [0, 0.1) is 6.92 Å². The first-order valence-electron chi connectivity index (χ1n) is 9.09. The van der Waals surface area contributed by atoms with E-state index in [1.165, 1.54) is 18.2 Å². The summed E-state index contributed by atoms with van der Waals surface area (Å²) in [7, 11) is 0. The summed E-state index contributed by atoms with van der Waals surface area (Å²) in [5.41, 5.74) is 7.61. The highest BCUT2D eigenvalue weighted by atomic mass is 35.5. The normalized spacial score (nSPS) is 11.9. The highest BCUT2D eigenvalue weighted by Gasteiger charge is 2.34. The molecule has 0 atom stereocenters. The molecule has 0 radical (unpaired) electrons. The van der Waals surface area contributed by atoms with Gasteiger partial charge < -0.3 is 15.8 Å². The SMILES string of the molecule is Cc1ccc(C(=O)O)c2c(CCCCN)c(-c3ccc(Cl)c(C(F)(F)F)c3)[nH]c12. The Morgan fingerprint density at radius 2 is 1.93 bits per heavy atom. The quantitative estimate of drug-likeness (QED) is 0.438. The highest BCUT2D eigenvalue weighted by Crippen LogP contribution is 2.40. The second kappa shape index (κ2) is 8.08. The lowest BCUT2D eigenvalue weighted by molar-refractivity contribution is -0.137. The first-order valence-corrected chi connectivity index (χ1v) is 9.47. The average molecular weight is 425 g/mol. The number of unbranched alkanes of at least 4 members (excludes halogenated alkanes) is 1. The molecule has 0 aliphatic heterocycles. The third kappa shape index (κ3) is 4.11. The molecule has 0 saturated heterocycles. The molecular formula is C21H20ClF3N2O2. The molecule has 0 aliphatic rings. The molecule has 0 amide bonds. The zero-order valence-electron chi connectivity index (χ0n) is 15.7. The van der Waals surface area contributed by atoms with Crippen LogP contribution in [0.25, 0.3) is 22.2 Å². The van der Waals surface area contributed by atoms with Crippen molar-refractivity contribution >= 4 is 28.5 Å². The summed E-state index contributed by atoms with van der Waals surface area (Å²) >= 11 is 5.76. The van der Waals surface area contributed by atoms with Crippen LogP contribution in [0.15, 0.2) is 30.3 Å². The molecule has 0 aliphatic carbocycles. The van der Waals surface area contributed by atoms with Gasteiger partial charge in [-0.1, -0.05) is 23.7 Å². The van der Waals surface area contributed by atoms with E-state index in [1.807, 2.05) is 6.92 Å². The zero-order valence-corrected chi connectivity index (χ0v) is 16.4. The lowest BCUT2D eigenvalue weighted by Crippen LogP contribution is -2.06. The van der Waals surface area contributed by atoms with E-state index in [0.29, 0.717) is 47.1 Å². The van der Waals surface area contributed by atoms with E-state index in [9.17, 15) is 23.1 Å². The van der Waals surface area contributed by atoms with Gasteiger partial charge in [-0.2, -0.15) is 13.2 Å². The molecule has 3 aromatic rings. The number of hydrogen-bond acceptors (Lipinski definition) is 2. The minimum Gasteiger partial charge on any atom is -0.478 e. The van der Waals surface area contributed by atoms with Crippen LogP contribution >= 0.6 is 11.6 Å². The van der Waals surface area contributed by atoms with Gasteiger partial charge in [-0.3, -0.25) is 0 Å². The third-order valence-corrected chi connectivity index (χ3v) is 5.27. The number of nitrogens with one attached hydrogen (secondary N) is 1. The monoisotopic (exact) mass is 424 g/mol. The van der Waals surface area contributed by atoms with Gasteiger partial charge in [0.15, 0.2) is 0 Å². The zero-order chi connectivity index (χ0) is 21.3. The molecule has 2 aromatic carbocycles. The molecule has 3 rings (SSSR count). The van der Waals surface area contributed by atoms with Crippen molar-refractivity contribution in [1.29, 1.82) is 0 Å². The highest BCUT2D eigenvalue weighted by molar-refractivity contribution is 6.31. The predicted molar refractivity (Wildman–Crippen MR) is 107 cm³/mol. The van der Waals surface area contributed by atoms with E-state index in [2.05, 4.69) is 4.98 Å². The number of aryl methyl sites for hydroxylation is 2. The first kappa shape index (κ1) is 21.2. The van der Waals surface area contributed by atoms with Crippen molar-refractivity contribution in [2.45, 2.75) is 32.4 Å². The molecule has 0 unspecified atom stereocenters. The Hall–Kier alpha value is -2.51. The fourth-order valence-electron chi connectivity index (χ4n) is 3.53. The van der Waals surface area contributed by atoms with Crippen molar-refractivity contribution in [3.63, 3.8) is 0 Å². The van der Waals surface area contributed by atoms with Crippen LogP contribution in [0.4, 0.5) is 13.2 Å². The first-order chi connectivity index (χ1) is 13.6. The molecule has 154 valence electrons. The summed E-state index contributed by atoms with van der Waals surface area (Å²) in [6.45, 7) is 2.29. The van der Waals surface area contributed by atoms with Gasteiger partial charge in [-0.25, -0.2) is 4.79 Å². The van der Waals surface area contributed by atoms with E-state index in [4.69, 9.17) is 17.3 Å². The molecular weight excluding hydrogens is 405 g/mol. The largest absolute Gasteiger partial charge is 0.478 e. The minimum atomic E-state index is -4.60. The van der Waals surface area contributed by atoms with Crippen LogP contribution in [-0.4, -0.2) is 22.6 Å². The van der Waals surface area contributed by atoms with Crippen LogP contribution in [0.2, 0.25) is 5.02 Å². The van der Waals surface area contributed by atoms with Crippen molar-refractivity contribution in [3.05, 3.63) is 57.6 Å². The van der Waals surface area contributed by atoms with Crippen molar-refractivity contribution in [1.82, 2.24) is 4.98 Å². The number of carboxylic acid groups (broad SMARTS) is 1. The standard InChI is InChI=1S/C21H20ClF3N2O2/c1-11-5-7-14(20(28)29)17-13(4-2-3-9-26)19(27-18(11)17)12-6-8-16(22)15(10-12)21(23,24)25/h5-8,10,27H,2-4,9,26H2,1H3,(H,28,29). The fourth-order valence-corrected chi connectivity index (χ4v) is 3.75. The fraction of sp³-hybridized carbons (Fsp3) is 0.286. The summed E-state index contributed by atoms with van der Waals surface area (Å²) < 4.78 is 40.0. The number of fused-ring (bicyclic) bond motifs is 1. The topological polar surface area (TPSA) is 79.1 Å². The van der Waals surface area contributed by atoms with E-state index in [-0.39, 0.29) is 10.6 Å². The number of benzene rings is 2. The number of H-pyrrole nitrogens is 1. The van der Waals surface area contributed by atoms with E-state index in [0.717, 1.165) is 18.1 Å². The lowest BCUT2D eigenvalue weighted by Gasteiger charge is -2.12. The summed E-state index contributed by atoms with van der Waals surface area (Å²) in [6.07, 6.45) is -2.71. The summed E-state index contributed by atoms with van der Waals surface area (Å²) in [6, 6.07) is 6.91. The van der Waals surface area contributed by atoms with E-state index in [1.54, 1.807) is 6.07 Å². The molecule has 0 saturated carbocycles. The van der Waals surface area contributed by atoms with Crippen molar-refractivity contribution in [2.75, 3.05) is 6.54 Å². The maximum absolute atomic E-state index is 13.3. The molecule has 4 nitrogen and oxygen atoms in total. The average Bonchev–Trinajstić information content (AvgIpc) is 3.02. The number of halogens is 4. The molecule has 4 N–H and O–H groups in total. The van der Waals surface area contributed by atoms with Gasteiger partial charge in [0.05, 0.1) is 16.1 Å². The minimum absolute atomic E-state index is 0.112. The number of nitrogens with two attached hydrogens (primary N) is 1. The molecule has 0 bridgehead atoms. The Balaban J connectivity index is 2.30. The van der Waals surface area contributed by atoms with Gasteiger partial charge in [-0.05, 0) is 67.6 Å². The van der Waals surface area contributed by atoms with Gasteiger partial charge in [-0.15, -0.1) is 0 Å².